The van der Waals surface area contributed by atoms with E-state index in [0.717, 1.165) is 0 Å². The quantitative estimate of drug-likeness (QED) is 0.270. The van der Waals surface area contributed by atoms with Gasteiger partial charge >= 0.3 is 43.5 Å². The summed E-state index contributed by atoms with van der Waals surface area (Å²) in [6.45, 7) is 0. The molecule has 0 amide bonds. The van der Waals surface area contributed by atoms with E-state index in [-0.39, 0.29) is 22.4 Å². The van der Waals surface area contributed by atoms with E-state index in [2.05, 4.69) is 0 Å². The minimum atomic E-state index is -6.09. The van der Waals surface area contributed by atoms with Crippen molar-refractivity contribution in [2.45, 2.75) is 11.0 Å². The predicted octanol–water partition coefficient (Wildman–Crippen LogP) is 0.443. The Balaban J connectivity index is -0.000000218. The third kappa shape index (κ3) is 9.81. The molecular formula is C2HAgF6O6S2. The summed E-state index contributed by atoms with van der Waals surface area (Å²) in [5, 5.41) is 0. The van der Waals surface area contributed by atoms with Crippen LogP contribution in [0.3, 0.4) is 0 Å². The van der Waals surface area contributed by atoms with Gasteiger partial charge in [-0.3, -0.25) is 4.55 Å². The van der Waals surface area contributed by atoms with Crippen LogP contribution in [-0.2, 0) is 42.6 Å². The summed E-state index contributed by atoms with van der Waals surface area (Å²) in [7, 11) is -11.9. The van der Waals surface area contributed by atoms with E-state index in [1.54, 1.807) is 0 Å². The molecule has 0 saturated carbocycles. The third-order valence-electron chi connectivity index (χ3n) is 0.576. The van der Waals surface area contributed by atoms with Crippen LogP contribution in [-0.4, -0.2) is 37.0 Å². The van der Waals surface area contributed by atoms with E-state index < -0.39 is 31.3 Å². The number of halogens is 6. The molecule has 0 aromatic carbocycles. The zero-order valence-electron chi connectivity index (χ0n) is 6.87. The molecule has 0 unspecified atom stereocenters. The Morgan fingerprint density at radius 3 is 0.941 bits per heavy atom. The molecule has 0 heterocycles. The SMILES string of the molecule is O=S(=O)(O)C(F)(F)F.O=S(=O)([O-])C(F)(F)F.[Ag+]. The van der Waals surface area contributed by atoms with Gasteiger partial charge in [0.25, 0.3) is 0 Å². The van der Waals surface area contributed by atoms with Gasteiger partial charge in [-0.05, 0) is 0 Å². The summed E-state index contributed by atoms with van der Waals surface area (Å²) < 4.78 is 116. The smallest absolute Gasteiger partial charge is 0.741 e. The van der Waals surface area contributed by atoms with Gasteiger partial charge in [0.05, 0.1) is 0 Å². The Labute approximate surface area is 106 Å². The van der Waals surface area contributed by atoms with Crippen molar-refractivity contribution in [2.24, 2.45) is 0 Å². The van der Waals surface area contributed by atoms with E-state index in [4.69, 9.17) is 25.9 Å². The van der Waals surface area contributed by atoms with E-state index in [0.29, 0.717) is 0 Å². The van der Waals surface area contributed by atoms with Gasteiger partial charge in [-0.2, -0.15) is 34.8 Å². The summed E-state index contributed by atoms with van der Waals surface area (Å²) >= 11 is 0. The van der Waals surface area contributed by atoms with Crippen LogP contribution in [0.2, 0.25) is 0 Å². The van der Waals surface area contributed by atoms with Crippen molar-refractivity contribution in [2.75, 3.05) is 0 Å². The Kier molecular flexibility index (Phi) is 8.34. The topological polar surface area (TPSA) is 112 Å². The third-order valence-corrected chi connectivity index (χ3v) is 1.73. The maximum absolute atomic E-state index is 10.7. The molecule has 0 saturated heterocycles. The normalized spacial score (nSPS) is 13.2. The Morgan fingerprint density at radius 2 is 0.941 bits per heavy atom. The summed E-state index contributed by atoms with van der Waals surface area (Å²) in [6.07, 6.45) is 0. The molecule has 0 aliphatic carbocycles. The molecule has 0 bridgehead atoms. The number of alkyl halides is 6. The van der Waals surface area contributed by atoms with E-state index >= 15 is 0 Å². The second kappa shape index (κ2) is 6.35. The minimum Gasteiger partial charge on any atom is -0.741 e. The van der Waals surface area contributed by atoms with Gasteiger partial charge < -0.3 is 4.55 Å². The molecule has 0 atom stereocenters. The van der Waals surface area contributed by atoms with Crippen LogP contribution in [0.25, 0.3) is 0 Å². The summed E-state index contributed by atoms with van der Waals surface area (Å²) in [5.74, 6) is 0. The second-order valence-electron chi connectivity index (χ2n) is 1.82. The molecule has 0 aromatic rings. The maximum Gasteiger partial charge on any atom is 1.00 e. The molecule has 0 radical (unpaired) electrons. The van der Waals surface area contributed by atoms with Crippen LogP contribution in [0.5, 0.6) is 0 Å². The van der Waals surface area contributed by atoms with Crippen molar-refractivity contribution in [3.05, 3.63) is 0 Å². The van der Waals surface area contributed by atoms with Crippen LogP contribution in [0.1, 0.15) is 0 Å². The Morgan fingerprint density at radius 1 is 0.824 bits per heavy atom. The van der Waals surface area contributed by atoms with E-state index in [9.17, 15) is 26.3 Å². The molecule has 17 heavy (non-hydrogen) atoms. The zero-order valence-corrected chi connectivity index (χ0v) is 9.99. The Bertz CT molecular complexity index is 374. The number of rotatable bonds is 0. The van der Waals surface area contributed by atoms with Crippen LogP contribution in [0.4, 0.5) is 26.3 Å². The molecule has 0 aromatic heterocycles. The average molecular weight is 407 g/mol. The van der Waals surface area contributed by atoms with Crippen molar-refractivity contribution in [1.82, 2.24) is 0 Å². The van der Waals surface area contributed by atoms with Gasteiger partial charge in [0.1, 0.15) is 0 Å². The van der Waals surface area contributed by atoms with Crippen LogP contribution in [0.15, 0.2) is 0 Å². The van der Waals surface area contributed by atoms with Gasteiger partial charge in [-0.1, -0.05) is 0 Å². The molecule has 1 N–H and O–H groups in total. The van der Waals surface area contributed by atoms with Crippen molar-refractivity contribution >= 4 is 20.2 Å². The number of hydrogen-bond acceptors (Lipinski definition) is 5. The monoisotopic (exact) mass is 406 g/mol. The average Bonchev–Trinajstić information content (AvgIpc) is 1.77. The molecular weight excluding hydrogens is 406 g/mol. The fourth-order valence-electron chi connectivity index (χ4n) is 0. The molecule has 15 heteroatoms. The molecule has 0 fully saturated rings. The van der Waals surface area contributed by atoms with Crippen LogP contribution in [0, 0.1) is 0 Å². The van der Waals surface area contributed by atoms with Crippen molar-refractivity contribution in [1.29, 1.82) is 0 Å². The first-order valence-electron chi connectivity index (χ1n) is 2.56. The molecule has 0 aliphatic heterocycles. The van der Waals surface area contributed by atoms with Crippen LogP contribution >= 0.6 is 0 Å². The van der Waals surface area contributed by atoms with E-state index in [1.165, 1.54) is 0 Å². The molecule has 0 rings (SSSR count). The van der Waals surface area contributed by atoms with Gasteiger partial charge in [-0.25, -0.2) is 8.42 Å². The largest absolute Gasteiger partial charge is 1.00 e. The first-order valence-corrected chi connectivity index (χ1v) is 5.41. The fourth-order valence-corrected chi connectivity index (χ4v) is 0. The molecule has 0 aliphatic rings. The van der Waals surface area contributed by atoms with Crippen molar-refractivity contribution < 1.29 is 74.7 Å². The second-order valence-corrected chi connectivity index (χ2v) is 4.60. The first-order chi connectivity index (χ1) is 6.50. The Hall–Kier alpha value is 0.140. The van der Waals surface area contributed by atoms with Gasteiger partial charge in [0.2, 0.25) is 0 Å². The van der Waals surface area contributed by atoms with E-state index in [1.807, 2.05) is 0 Å². The minimum absolute atomic E-state index is 0. The maximum atomic E-state index is 10.7. The van der Waals surface area contributed by atoms with Gasteiger partial charge in [0, 0.05) is 0 Å². The van der Waals surface area contributed by atoms with Crippen molar-refractivity contribution in [3.63, 3.8) is 0 Å². The molecule has 6 nitrogen and oxygen atoms in total. The standard InChI is InChI=1S/2CHF3O3S.Ag/c2*2-1(3,4)8(5,6)7;/h2*(H,5,6,7);/q;;+1/p-1. The predicted molar refractivity (Wildman–Crippen MR) is 33.4 cm³/mol. The van der Waals surface area contributed by atoms with Crippen LogP contribution < -0.4 is 0 Å². The molecule has 110 valence electrons. The van der Waals surface area contributed by atoms with Crippen molar-refractivity contribution in [3.8, 4) is 0 Å². The summed E-state index contributed by atoms with van der Waals surface area (Å²) in [6, 6.07) is 0. The molecule has 0 spiro atoms. The summed E-state index contributed by atoms with van der Waals surface area (Å²) in [4.78, 5) is 0. The fraction of sp³-hybridized carbons (Fsp3) is 1.00. The number of hydrogen-bond donors (Lipinski definition) is 1. The van der Waals surface area contributed by atoms with Gasteiger partial charge in [-0.15, -0.1) is 0 Å². The summed E-state index contributed by atoms with van der Waals surface area (Å²) in [5.41, 5.74) is -11.2. The zero-order chi connectivity index (χ0) is 14.0. The first kappa shape index (κ1) is 22.3. The van der Waals surface area contributed by atoms with Gasteiger partial charge in [0.15, 0.2) is 10.1 Å².